The van der Waals surface area contributed by atoms with E-state index in [4.69, 9.17) is 22.9 Å². The number of rotatable bonds is 28. The van der Waals surface area contributed by atoms with Crippen LogP contribution in [0.4, 0.5) is 0 Å². The van der Waals surface area contributed by atoms with Crippen LogP contribution < -0.4 is 54.8 Å². The second-order valence-corrected chi connectivity index (χ2v) is 13.0. The number of nitrogens with one attached hydrogen (secondary N) is 7. The van der Waals surface area contributed by atoms with Crippen LogP contribution in [0.2, 0.25) is 0 Å². The molecular weight excluding hydrogens is 776 g/mol. The molecule has 0 aliphatic heterocycles. The lowest BCUT2D eigenvalue weighted by molar-refractivity contribution is -0.143. The Morgan fingerprint density at radius 2 is 1.24 bits per heavy atom. The van der Waals surface area contributed by atoms with Crippen molar-refractivity contribution >= 4 is 59.2 Å². The molecule has 0 unspecified atom stereocenters. The molecule has 19 N–H and O–H groups in total. The maximum absolute atomic E-state index is 13.5. The normalized spacial score (nSPS) is 15.1. The number of hydrogen-bond acceptors (Lipinski definition) is 15. The molecular formula is C32H52N12O14. The minimum Gasteiger partial charge on any atom is -0.481 e. The van der Waals surface area contributed by atoms with Crippen molar-refractivity contribution in [3.8, 4) is 0 Å². The Balaban J connectivity index is 3.25. The van der Waals surface area contributed by atoms with E-state index >= 15 is 0 Å². The van der Waals surface area contributed by atoms with E-state index in [1.807, 2.05) is 5.32 Å². The Hall–Kier alpha value is -6.25. The fraction of sp³-hybridized carbons (Fsp3) is 0.594. The van der Waals surface area contributed by atoms with E-state index in [0.717, 1.165) is 6.92 Å². The Morgan fingerprint density at radius 1 is 0.707 bits per heavy atom. The Morgan fingerprint density at radius 3 is 1.74 bits per heavy atom. The van der Waals surface area contributed by atoms with Gasteiger partial charge in [-0.2, -0.15) is 0 Å². The topological polar surface area (TPSA) is 457 Å². The highest BCUT2D eigenvalue weighted by molar-refractivity contribution is 5.98. The van der Waals surface area contributed by atoms with E-state index in [1.165, 1.54) is 12.5 Å². The number of aromatic nitrogens is 2. The second-order valence-electron chi connectivity index (χ2n) is 13.0. The van der Waals surface area contributed by atoms with Crippen LogP contribution in [-0.4, -0.2) is 151 Å². The molecule has 0 bridgehead atoms. The first-order valence-corrected chi connectivity index (χ1v) is 17.8. The molecule has 0 fully saturated rings. The molecule has 58 heavy (non-hydrogen) atoms. The number of aliphatic hydroxyl groups is 2. The molecule has 0 spiro atoms. The molecule has 0 saturated heterocycles. The van der Waals surface area contributed by atoms with Gasteiger partial charge in [-0.05, 0) is 32.7 Å². The molecule has 8 atom stereocenters. The number of carbonyl (C=O) groups excluding carboxylic acids is 8. The van der Waals surface area contributed by atoms with Crippen molar-refractivity contribution in [3.63, 3.8) is 0 Å². The number of aliphatic hydroxyl groups excluding tert-OH is 2. The summed E-state index contributed by atoms with van der Waals surface area (Å²) >= 11 is 0. The van der Waals surface area contributed by atoms with Gasteiger partial charge >= 0.3 is 11.9 Å². The predicted octanol–water partition coefficient (Wildman–Crippen LogP) is -7.61. The number of nitrogens with two attached hydrogens (primary N) is 4. The number of nitrogens with zero attached hydrogens (tertiary/aromatic N) is 1. The van der Waals surface area contributed by atoms with E-state index in [2.05, 4.69) is 36.6 Å². The summed E-state index contributed by atoms with van der Waals surface area (Å²) in [5.41, 5.74) is 21.8. The highest BCUT2D eigenvalue weighted by Gasteiger charge is 2.35. The minimum absolute atomic E-state index is 0.187. The number of amides is 8. The van der Waals surface area contributed by atoms with Gasteiger partial charge in [-0.1, -0.05) is 6.42 Å². The van der Waals surface area contributed by atoms with Gasteiger partial charge in [0.15, 0.2) is 0 Å². The summed E-state index contributed by atoms with van der Waals surface area (Å²) in [5.74, 6) is -12.2. The molecule has 0 aliphatic rings. The van der Waals surface area contributed by atoms with Gasteiger partial charge in [0.25, 0.3) is 0 Å². The van der Waals surface area contributed by atoms with Crippen molar-refractivity contribution in [1.29, 1.82) is 0 Å². The number of carboxylic acids is 2. The Bertz CT molecular complexity index is 1610. The Kier molecular flexibility index (Phi) is 21.5. The third-order valence-electron chi connectivity index (χ3n) is 8.14. The van der Waals surface area contributed by atoms with Gasteiger partial charge < -0.3 is 80.2 Å². The average molecular weight is 829 g/mol. The SMILES string of the molecule is C[C@@H](O)[C@H](NC(=O)[C@@H](N)CCCCN)C(=O)N[C@@H](CC(=O)O)C(=O)N[C@@H](CO)C(=O)N[C@@H](Cc1cnc[nH]1)C(=O)N[C@@H](CC(N)=O)C(=O)N[C@@H](CCC(N)=O)C(=O)O. The van der Waals surface area contributed by atoms with E-state index in [9.17, 15) is 68.4 Å². The minimum atomic E-state index is -1.96. The third-order valence-corrected chi connectivity index (χ3v) is 8.14. The van der Waals surface area contributed by atoms with Crippen molar-refractivity contribution < 1.29 is 68.4 Å². The van der Waals surface area contributed by atoms with Gasteiger partial charge in [0.2, 0.25) is 47.3 Å². The third kappa shape index (κ3) is 18.1. The molecule has 1 aromatic rings. The number of carbonyl (C=O) groups is 10. The number of carboxylic acid groups (broad SMARTS) is 2. The molecule has 0 saturated carbocycles. The molecule has 8 amide bonds. The first-order chi connectivity index (χ1) is 27.2. The number of aliphatic carboxylic acids is 2. The number of imidazole rings is 1. The summed E-state index contributed by atoms with van der Waals surface area (Å²) < 4.78 is 0. The lowest BCUT2D eigenvalue weighted by Crippen LogP contribution is -2.62. The molecule has 0 radical (unpaired) electrons. The predicted molar refractivity (Wildman–Crippen MR) is 196 cm³/mol. The Labute approximate surface area is 330 Å². The summed E-state index contributed by atoms with van der Waals surface area (Å²) in [4.78, 5) is 132. The fourth-order valence-corrected chi connectivity index (χ4v) is 5.01. The standard InChI is InChI=1S/C32H52N12O14/c1-14(46)25(44-26(51)16(34)4-2-3-7-33)31(56)42-20(10-24(49)50)29(54)43-21(12-45)30(55)40-18(8-15-11-37-13-38-15)27(52)41-19(9-23(36)48)28(53)39-17(32(57)58)5-6-22(35)47/h11,13-14,16-21,25,45-46H,2-10,12,33-34H2,1H3,(H2,35,47)(H2,36,48)(H,37,38)(H,39,53)(H,40,55)(H,41,52)(H,42,56)(H,43,54)(H,44,51)(H,49,50)(H,57,58)/t14-,16+,17+,18+,19+,20+,21+,25+/m1/s1. The molecule has 1 rings (SSSR count). The molecule has 0 aliphatic carbocycles. The van der Waals surface area contributed by atoms with Gasteiger partial charge in [-0.15, -0.1) is 0 Å². The first-order valence-electron chi connectivity index (χ1n) is 17.8. The van der Waals surface area contributed by atoms with Gasteiger partial charge in [0.1, 0.15) is 36.3 Å². The van der Waals surface area contributed by atoms with Crippen LogP contribution in [0.15, 0.2) is 12.5 Å². The van der Waals surface area contributed by atoms with Crippen LogP contribution in [0, 0.1) is 0 Å². The van der Waals surface area contributed by atoms with Crippen molar-refractivity contribution in [2.75, 3.05) is 13.2 Å². The lowest BCUT2D eigenvalue weighted by Gasteiger charge is -2.27. The summed E-state index contributed by atoms with van der Waals surface area (Å²) in [6.45, 7) is 0.312. The molecule has 324 valence electrons. The highest BCUT2D eigenvalue weighted by atomic mass is 16.4. The summed E-state index contributed by atoms with van der Waals surface area (Å²) in [7, 11) is 0. The molecule has 26 nitrogen and oxygen atoms in total. The lowest BCUT2D eigenvalue weighted by atomic mass is 10.1. The van der Waals surface area contributed by atoms with E-state index in [0.29, 0.717) is 19.4 Å². The molecule has 26 heteroatoms. The quantitative estimate of drug-likeness (QED) is 0.0349. The van der Waals surface area contributed by atoms with Crippen LogP contribution in [-0.2, 0) is 54.4 Å². The number of unbranched alkanes of at least 4 members (excludes halogenated alkanes) is 1. The van der Waals surface area contributed by atoms with Gasteiger partial charge in [0, 0.05) is 24.7 Å². The smallest absolute Gasteiger partial charge is 0.326 e. The number of H-pyrrole nitrogens is 1. The van der Waals surface area contributed by atoms with Crippen molar-refractivity contribution in [2.45, 2.75) is 107 Å². The molecule has 0 aromatic carbocycles. The first kappa shape index (κ1) is 49.8. The van der Waals surface area contributed by atoms with Crippen LogP contribution in [0.5, 0.6) is 0 Å². The van der Waals surface area contributed by atoms with Crippen molar-refractivity contribution in [3.05, 3.63) is 18.2 Å². The van der Waals surface area contributed by atoms with Crippen LogP contribution in [0.25, 0.3) is 0 Å². The van der Waals surface area contributed by atoms with Crippen molar-refractivity contribution in [1.82, 2.24) is 41.9 Å². The monoisotopic (exact) mass is 828 g/mol. The zero-order valence-electron chi connectivity index (χ0n) is 31.5. The van der Waals surface area contributed by atoms with Crippen LogP contribution in [0.3, 0.4) is 0 Å². The number of aromatic amines is 1. The van der Waals surface area contributed by atoms with Gasteiger partial charge in [-0.3, -0.25) is 43.2 Å². The summed E-state index contributed by atoms with van der Waals surface area (Å²) in [5, 5.41) is 52.0. The van der Waals surface area contributed by atoms with Crippen LogP contribution >= 0.6 is 0 Å². The van der Waals surface area contributed by atoms with E-state index < -0.39 is 146 Å². The summed E-state index contributed by atoms with van der Waals surface area (Å²) in [6, 6.07) is -11.9. The van der Waals surface area contributed by atoms with E-state index in [-0.39, 0.29) is 12.1 Å². The van der Waals surface area contributed by atoms with E-state index in [1.54, 1.807) is 0 Å². The van der Waals surface area contributed by atoms with Gasteiger partial charge in [0.05, 0.1) is 37.9 Å². The molecule has 1 heterocycles. The zero-order valence-corrected chi connectivity index (χ0v) is 31.5. The fourth-order valence-electron chi connectivity index (χ4n) is 5.01. The van der Waals surface area contributed by atoms with Crippen molar-refractivity contribution in [2.24, 2.45) is 22.9 Å². The van der Waals surface area contributed by atoms with Crippen LogP contribution in [0.1, 0.15) is 57.6 Å². The highest BCUT2D eigenvalue weighted by Crippen LogP contribution is 2.06. The maximum atomic E-state index is 13.5. The number of primary amides is 2. The number of hydrogen-bond donors (Lipinski definition) is 15. The maximum Gasteiger partial charge on any atom is 0.326 e. The largest absolute Gasteiger partial charge is 0.481 e. The summed E-state index contributed by atoms with van der Waals surface area (Å²) in [6.07, 6.45) is -1.12. The zero-order chi connectivity index (χ0) is 44.1. The second kappa shape index (κ2) is 25.1. The van der Waals surface area contributed by atoms with Gasteiger partial charge in [-0.25, -0.2) is 9.78 Å². The average Bonchev–Trinajstić information content (AvgIpc) is 3.65. The molecule has 1 aromatic heterocycles.